The molecule has 0 fully saturated rings. The van der Waals surface area contributed by atoms with Crippen LogP contribution in [0.4, 0.5) is 0 Å². The summed E-state index contributed by atoms with van der Waals surface area (Å²) in [5, 5.41) is 0.217. The minimum absolute atomic E-state index is 0.217. The number of hydrogen-bond acceptors (Lipinski definition) is 2. The SMILES string of the molecule is Cc1cnc2c(C)c(Cl)c(=O)[nH]c2c1. The molecule has 0 amide bonds. The van der Waals surface area contributed by atoms with Crippen LogP contribution in [0.2, 0.25) is 5.02 Å². The van der Waals surface area contributed by atoms with Gasteiger partial charge in [-0.25, -0.2) is 0 Å². The van der Waals surface area contributed by atoms with Crippen LogP contribution in [0.1, 0.15) is 11.1 Å². The van der Waals surface area contributed by atoms with E-state index in [0.29, 0.717) is 0 Å². The second kappa shape index (κ2) is 3.10. The molecular formula is C10H9ClN2O. The van der Waals surface area contributed by atoms with E-state index in [-0.39, 0.29) is 10.6 Å². The first kappa shape index (κ1) is 9.21. The molecule has 4 heteroatoms. The molecule has 1 N–H and O–H groups in total. The molecule has 0 aliphatic carbocycles. The molecule has 0 spiro atoms. The van der Waals surface area contributed by atoms with E-state index < -0.39 is 0 Å². The number of nitrogens with one attached hydrogen (secondary N) is 1. The van der Waals surface area contributed by atoms with Crippen LogP contribution < -0.4 is 5.56 Å². The first-order valence-corrected chi connectivity index (χ1v) is 4.62. The number of nitrogens with zero attached hydrogens (tertiary/aromatic N) is 1. The molecule has 72 valence electrons. The Morgan fingerprint density at radius 1 is 1.43 bits per heavy atom. The zero-order chi connectivity index (χ0) is 10.3. The molecule has 0 radical (unpaired) electrons. The molecule has 2 aromatic heterocycles. The molecule has 2 aromatic rings. The van der Waals surface area contributed by atoms with Crippen LogP contribution in [0.5, 0.6) is 0 Å². The number of H-pyrrole nitrogens is 1. The van der Waals surface area contributed by atoms with Gasteiger partial charge in [0.2, 0.25) is 0 Å². The molecule has 2 rings (SSSR count). The van der Waals surface area contributed by atoms with Gasteiger partial charge in [-0.1, -0.05) is 11.6 Å². The monoisotopic (exact) mass is 208 g/mol. The van der Waals surface area contributed by atoms with Gasteiger partial charge in [0.05, 0.1) is 11.0 Å². The average Bonchev–Trinajstić information content (AvgIpc) is 2.14. The Hall–Kier alpha value is -1.35. The molecule has 0 aliphatic heterocycles. The average molecular weight is 209 g/mol. The zero-order valence-corrected chi connectivity index (χ0v) is 8.64. The number of fused-ring (bicyclic) bond motifs is 1. The Morgan fingerprint density at radius 2 is 2.14 bits per heavy atom. The molecule has 3 nitrogen and oxygen atoms in total. The first-order chi connectivity index (χ1) is 6.59. The Kier molecular flexibility index (Phi) is 2.04. The third-order valence-electron chi connectivity index (χ3n) is 2.16. The van der Waals surface area contributed by atoms with Crippen LogP contribution >= 0.6 is 11.6 Å². The number of aryl methyl sites for hydroxylation is 2. The van der Waals surface area contributed by atoms with Crippen molar-refractivity contribution in [3.8, 4) is 0 Å². The predicted molar refractivity (Wildman–Crippen MR) is 56.8 cm³/mol. The van der Waals surface area contributed by atoms with Gasteiger partial charge in [-0.15, -0.1) is 0 Å². The Labute approximate surface area is 85.7 Å². The van der Waals surface area contributed by atoms with Crippen LogP contribution in [0.15, 0.2) is 17.1 Å². The van der Waals surface area contributed by atoms with Crippen molar-refractivity contribution in [3.05, 3.63) is 38.8 Å². The van der Waals surface area contributed by atoms with Gasteiger partial charge in [0.25, 0.3) is 5.56 Å². The van der Waals surface area contributed by atoms with Gasteiger partial charge in [-0.05, 0) is 25.5 Å². The molecule has 0 bridgehead atoms. The lowest BCUT2D eigenvalue weighted by molar-refractivity contribution is 1.22. The van der Waals surface area contributed by atoms with Gasteiger partial charge in [-0.3, -0.25) is 9.78 Å². The van der Waals surface area contributed by atoms with Crippen molar-refractivity contribution in [2.24, 2.45) is 0 Å². The highest BCUT2D eigenvalue weighted by Crippen LogP contribution is 2.18. The van der Waals surface area contributed by atoms with Gasteiger partial charge < -0.3 is 4.98 Å². The lowest BCUT2D eigenvalue weighted by Gasteiger charge is -2.03. The Morgan fingerprint density at radius 3 is 2.86 bits per heavy atom. The normalized spacial score (nSPS) is 10.8. The number of rotatable bonds is 0. The van der Waals surface area contributed by atoms with E-state index in [1.54, 1.807) is 13.1 Å². The summed E-state index contributed by atoms with van der Waals surface area (Å²) >= 11 is 5.81. The van der Waals surface area contributed by atoms with Gasteiger partial charge in [0.15, 0.2) is 0 Å². The Balaban J connectivity index is 2.98. The summed E-state index contributed by atoms with van der Waals surface area (Å²) in [4.78, 5) is 18.3. The molecule has 0 saturated heterocycles. The van der Waals surface area contributed by atoms with Crippen LogP contribution in [-0.4, -0.2) is 9.97 Å². The topological polar surface area (TPSA) is 45.8 Å². The molecule has 0 atom stereocenters. The summed E-state index contributed by atoms with van der Waals surface area (Å²) < 4.78 is 0. The standard InChI is InChI=1S/C10H9ClN2O/c1-5-3-7-9(12-4-5)6(2)8(11)10(14)13-7/h3-4H,1-2H3,(H,13,14). The fourth-order valence-corrected chi connectivity index (χ4v) is 1.55. The van der Waals surface area contributed by atoms with E-state index in [1.807, 2.05) is 13.0 Å². The van der Waals surface area contributed by atoms with E-state index in [0.717, 1.165) is 22.2 Å². The van der Waals surface area contributed by atoms with Crippen molar-refractivity contribution in [1.82, 2.24) is 9.97 Å². The second-order valence-corrected chi connectivity index (χ2v) is 3.68. The maximum Gasteiger partial charge on any atom is 0.267 e. The van der Waals surface area contributed by atoms with Crippen molar-refractivity contribution in [2.45, 2.75) is 13.8 Å². The van der Waals surface area contributed by atoms with Crippen LogP contribution in [0, 0.1) is 13.8 Å². The summed E-state index contributed by atoms with van der Waals surface area (Å²) in [6, 6.07) is 1.88. The molecule has 14 heavy (non-hydrogen) atoms. The third kappa shape index (κ3) is 1.30. The Bertz CT molecular complexity index is 560. The van der Waals surface area contributed by atoms with Crippen LogP contribution in [0.3, 0.4) is 0 Å². The van der Waals surface area contributed by atoms with E-state index in [1.165, 1.54) is 0 Å². The summed E-state index contributed by atoms with van der Waals surface area (Å²) in [5.74, 6) is 0. The minimum atomic E-state index is -0.260. The highest BCUT2D eigenvalue weighted by Gasteiger charge is 2.07. The molecule has 2 heterocycles. The summed E-state index contributed by atoms with van der Waals surface area (Å²) in [6.45, 7) is 3.72. The number of aromatic amines is 1. The molecular weight excluding hydrogens is 200 g/mol. The fraction of sp³-hybridized carbons (Fsp3) is 0.200. The fourth-order valence-electron chi connectivity index (χ4n) is 1.41. The lowest BCUT2D eigenvalue weighted by atomic mass is 10.2. The maximum atomic E-state index is 11.3. The zero-order valence-electron chi connectivity index (χ0n) is 7.89. The van der Waals surface area contributed by atoms with Crippen molar-refractivity contribution in [2.75, 3.05) is 0 Å². The van der Waals surface area contributed by atoms with Crippen LogP contribution in [0.25, 0.3) is 11.0 Å². The number of halogens is 1. The quantitative estimate of drug-likeness (QED) is 0.722. The van der Waals surface area contributed by atoms with Crippen molar-refractivity contribution in [3.63, 3.8) is 0 Å². The van der Waals surface area contributed by atoms with E-state index in [4.69, 9.17) is 11.6 Å². The molecule has 0 aromatic carbocycles. The second-order valence-electron chi connectivity index (χ2n) is 3.30. The smallest absolute Gasteiger partial charge is 0.267 e. The molecule has 0 unspecified atom stereocenters. The summed E-state index contributed by atoms with van der Waals surface area (Å²) in [5.41, 5.74) is 2.96. The van der Waals surface area contributed by atoms with Gasteiger partial charge in [-0.2, -0.15) is 0 Å². The predicted octanol–water partition coefficient (Wildman–Crippen LogP) is 2.19. The largest absolute Gasteiger partial charge is 0.319 e. The summed E-state index contributed by atoms with van der Waals surface area (Å²) in [7, 11) is 0. The molecule has 0 saturated carbocycles. The highest BCUT2D eigenvalue weighted by molar-refractivity contribution is 6.31. The van der Waals surface area contributed by atoms with Gasteiger partial charge in [0.1, 0.15) is 5.02 Å². The van der Waals surface area contributed by atoms with E-state index >= 15 is 0 Å². The van der Waals surface area contributed by atoms with E-state index in [2.05, 4.69) is 9.97 Å². The molecule has 0 aliphatic rings. The summed E-state index contributed by atoms with van der Waals surface area (Å²) in [6.07, 6.45) is 1.75. The van der Waals surface area contributed by atoms with Gasteiger partial charge in [0, 0.05) is 11.8 Å². The first-order valence-electron chi connectivity index (χ1n) is 4.24. The number of aromatic nitrogens is 2. The number of pyridine rings is 2. The minimum Gasteiger partial charge on any atom is -0.319 e. The van der Waals surface area contributed by atoms with Gasteiger partial charge >= 0.3 is 0 Å². The van der Waals surface area contributed by atoms with Crippen molar-refractivity contribution < 1.29 is 0 Å². The van der Waals surface area contributed by atoms with Crippen molar-refractivity contribution in [1.29, 1.82) is 0 Å². The van der Waals surface area contributed by atoms with Crippen molar-refractivity contribution >= 4 is 22.6 Å². The third-order valence-corrected chi connectivity index (χ3v) is 2.61. The maximum absolute atomic E-state index is 11.3. The highest BCUT2D eigenvalue weighted by atomic mass is 35.5. The van der Waals surface area contributed by atoms with Crippen LogP contribution in [-0.2, 0) is 0 Å². The number of hydrogen-bond donors (Lipinski definition) is 1. The lowest BCUT2D eigenvalue weighted by Crippen LogP contribution is -2.08. The van der Waals surface area contributed by atoms with E-state index in [9.17, 15) is 4.79 Å².